The van der Waals surface area contributed by atoms with Crippen molar-refractivity contribution >= 4 is 17.7 Å². The fraction of sp³-hybridized carbons (Fsp3) is 0.727. The lowest BCUT2D eigenvalue weighted by atomic mass is 10.1. The first-order valence-electron chi connectivity index (χ1n) is 11.4. The van der Waals surface area contributed by atoms with Crippen molar-refractivity contribution in [2.75, 3.05) is 44.7 Å². The van der Waals surface area contributed by atoms with Crippen molar-refractivity contribution in [3.8, 4) is 5.88 Å². The smallest absolute Gasteiger partial charge is 0.410 e. The number of anilines is 1. The molecule has 3 aliphatic rings. The zero-order valence-electron chi connectivity index (χ0n) is 19.6. The third-order valence-corrected chi connectivity index (χ3v) is 6.44. The van der Waals surface area contributed by atoms with Gasteiger partial charge in [0.2, 0.25) is 5.88 Å². The van der Waals surface area contributed by atoms with Crippen LogP contribution in [0.2, 0.25) is 0 Å². The standard InChI is InChI=1S/C22H35N7O3/c1-21(2,3)32-20(30)29-11-10-28(14-22(29)7-8-22)16-12-17(26-19(25-16)18(23)24)31-13-15-6-5-9-27(15)4/h12,15H,5-11,13-14H2,1-4H3,(H3,23,24). The number of nitrogen functional groups attached to an aromatic ring is 1. The molecule has 3 fully saturated rings. The first-order valence-corrected chi connectivity index (χ1v) is 11.4. The van der Waals surface area contributed by atoms with E-state index in [1.807, 2.05) is 31.7 Å². The molecule has 2 aliphatic heterocycles. The monoisotopic (exact) mass is 445 g/mol. The predicted octanol–water partition coefficient (Wildman–Crippen LogP) is 1.82. The highest BCUT2D eigenvalue weighted by atomic mass is 16.6. The number of likely N-dealkylation sites (N-methyl/N-ethyl adjacent to an activating group) is 1. The van der Waals surface area contributed by atoms with E-state index in [0.29, 0.717) is 44.0 Å². The van der Waals surface area contributed by atoms with Crippen molar-refractivity contribution in [2.45, 2.75) is 63.6 Å². The Morgan fingerprint density at radius 1 is 1.28 bits per heavy atom. The minimum Gasteiger partial charge on any atom is -0.476 e. The summed E-state index contributed by atoms with van der Waals surface area (Å²) in [6.45, 7) is 9.09. The highest BCUT2D eigenvalue weighted by Gasteiger charge is 2.54. The maximum absolute atomic E-state index is 12.7. The van der Waals surface area contributed by atoms with Crippen LogP contribution in [0.1, 0.15) is 52.3 Å². The van der Waals surface area contributed by atoms with E-state index in [4.69, 9.17) is 20.6 Å². The minimum atomic E-state index is -0.521. The van der Waals surface area contributed by atoms with Gasteiger partial charge in [-0.15, -0.1) is 0 Å². The summed E-state index contributed by atoms with van der Waals surface area (Å²) in [5, 5.41) is 7.84. The molecule has 10 heteroatoms. The first kappa shape index (κ1) is 22.6. The number of carbonyl (C=O) groups is 1. The zero-order chi connectivity index (χ0) is 23.1. The van der Waals surface area contributed by atoms with E-state index in [2.05, 4.69) is 26.8 Å². The van der Waals surface area contributed by atoms with Gasteiger partial charge in [0.25, 0.3) is 0 Å². The van der Waals surface area contributed by atoms with Gasteiger partial charge in [0.05, 0.1) is 5.54 Å². The Labute approximate surface area is 189 Å². The third-order valence-electron chi connectivity index (χ3n) is 6.44. The van der Waals surface area contributed by atoms with E-state index in [9.17, 15) is 4.79 Å². The average Bonchev–Trinajstić information content (AvgIpc) is 3.34. The molecule has 32 heavy (non-hydrogen) atoms. The number of nitrogens with two attached hydrogens (primary N) is 1. The molecule has 1 saturated carbocycles. The van der Waals surface area contributed by atoms with Gasteiger partial charge in [-0.1, -0.05) is 0 Å². The molecule has 1 aromatic heterocycles. The Morgan fingerprint density at radius 3 is 2.62 bits per heavy atom. The van der Waals surface area contributed by atoms with E-state index < -0.39 is 5.60 Å². The predicted molar refractivity (Wildman–Crippen MR) is 121 cm³/mol. The minimum absolute atomic E-state index is 0.164. The molecule has 1 atom stereocenters. The molecule has 1 aliphatic carbocycles. The molecule has 2 saturated heterocycles. The van der Waals surface area contributed by atoms with Crippen molar-refractivity contribution in [1.29, 1.82) is 5.41 Å². The SMILES string of the molecule is CN1CCCC1COc1cc(N2CCN(C(=O)OC(C)(C)C)C3(CC3)C2)nc(C(=N)N)n1. The number of likely N-dealkylation sites (tertiary alicyclic amines) is 1. The van der Waals surface area contributed by atoms with E-state index >= 15 is 0 Å². The molecular weight excluding hydrogens is 410 g/mol. The van der Waals surface area contributed by atoms with Crippen LogP contribution in [0.3, 0.4) is 0 Å². The van der Waals surface area contributed by atoms with Gasteiger partial charge in [-0.25, -0.2) is 9.78 Å². The fourth-order valence-corrected chi connectivity index (χ4v) is 4.49. The second-order valence-electron chi connectivity index (χ2n) is 10.2. The second kappa shape index (κ2) is 8.38. The second-order valence-corrected chi connectivity index (χ2v) is 10.2. The molecule has 1 aromatic rings. The Hall–Kier alpha value is -2.62. The van der Waals surface area contributed by atoms with Crippen LogP contribution < -0.4 is 15.4 Å². The summed E-state index contributed by atoms with van der Waals surface area (Å²) in [6.07, 6.45) is 3.88. The Bertz CT molecular complexity index is 881. The number of nitrogens with zero attached hydrogens (tertiary/aromatic N) is 5. The zero-order valence-corrected chi connectivity index (χ0v) is 19.6. The summed E-state index contributed by atoms with van der Waals surface area (Å²) in [4.78, 5) is 27.9. The van der Waals surface area contributed by atoms with Crippen molar-refractivity contribution in [3.05, 3.63) is 11.9 Å². The van der Waals surface area contributed by atoms with Gasteiger partial charge in [0.15, 0.2) is 11.7 Å². The first-order chi connectivity index (χ1) is 15.1. The number of hydrogen-bond donors (Lipinski definition) is 2. The maximum atomic E-state index is 12.7. The third kappa shape index (κ3) is 4.90. The molecule has 176 valence electrons. The molecule has 0 radical (unpaired) electrons. The highest BCUT2D eigenvalue weighted by molar-refractivity contribution is 5.91. The summed E-state index contributed by atoms with van der Waals surface area (Å²) < 4.78 is 11.6. The van der Waals surface area contributed by atoms with Crippen LogP contribution in [0.25, 0.3) is 0 Å². The molecular formula is C22H35N7O3. The summed E-state index contributed by atoms with van der Waals surface area (Å²) in [5.41, 5.74) is 4.97. The molecule has 1 unspecified atom stereocenters. The molecule has 10 nitrogen and oxygen atoms in total. The normalized spacial score (nSPS) is 22.8. The summed E-state index contributed by atoms with van der Waals surface area (Å²) in [5.74, 6) is 1.08. The number of hydrogen-bond acceptors (Lipinski definition) is 8. The number of carbonyl (C=O) groups excluding carboxylic acids is 1. The average molecular weight is 446 g/mol. The van der Waals surface area contributed by atoms with Crippen LogP contribution in [0.15, 0.2) is 6.07 Å². The molecule has 3 heterocycles. The van der Waals surface area contributed by atoms with Crippen LogP contribution >= 0.6 is 0 Å². The molecule has 4 rings (SSSR count). The van der Waals surface area contributed by atoms with Crippen LogP contribution in [0.4, 0.5) is 10.6 Å². The lowest BCUT2D eigenvalue weighted by Crippen LogP contribution is -2.58. The fourth-order valence-electron chi connectivity index (χ4n) is 4.49. The van der Waals surface area contributed by atoms with Crippen molar-refractivity contribution in [1.82, 2.24) is 19.8 Å². The van der Waals surface area contributed by atoms with E-state index in [1.54, 1.807) is 0 Å². The molecule has 1 spiro atoms. The lowest BCUT2D eigenvalue weighted by Gasteiger charge is -2.42. The van der Waals surface area contributed by atoms with Crippen LogP contribution in [-0.4, -0.2) is 88.7 Å². The number of amidine groups is 1. The van der Waals surface area contributed by atoms with Gasteiger partial charge in [-0.2, -0.15) is 4.98 Å². The highest BCUT2D eigenvalue weighted by Crippen LogP contribution is 2.45. The van der Waals surface area contributed by atoms with Crippen molar-refractivity contribution in [2.24, 2.45) is 5.73 Å². The maximum Gasteiger partial charge on any atom is 0.410 e. The largest absolute Gasteiger partial charge is 0.476 e. The number of rotatable bonds is 5. The molecule has 0 aromatic carbocycles. The topological polar surface area (TPSA) is 121 Å². The van der Waals surface area contributed by atoms with Crippen molar-refractivity contribution in [3.63, 3.8) is 0 Å². The number of aromatic nitrogens is 2. The number of ether oxygens (including phenoxy) is 2. The van der Waals surface area contributed by atoms with Gasteiger partial charge in [-0.3, -0.25) is 10.3 Å². The van der Waals surface area contributed by atoms with Gasteiger partial charge >= 0.3 is 6.09 Å². The van der Waals surface area contributed by atoms with Gasteiger partial charge < -0.3 is 25.0 Å². The Morgan fingerprint density at radius 2 is 2.03 bits per heavy atom. The Balaban J connectivity index is 1.49. The van der Waals surface area contributed by atoms with E-state index in [0.717, 1.165) is 25.8 Å². The summed E-state index contributed by atoms with van der Waals surface area (Å²) in [6, 6.07) is 2.18. The lowest BCUT2D eigenvalue weighted by molar-refractivity contribution is 0.0106. The van der Waals surface area contributed by atoms with Crippen molar-refractivity contribution < 1.29 is 14.3 Å². The van der Waals surface area contributed by atoms with Crippen LogP contribution in [-0.2, 0) is 4.74 Å². The number of piperazine rings is 1. The molecule has 1 amide bonds. The van der Waals surface area contributed by atoms with Crippen LogP contribution in [0.5, 0.6) is 5.88 Å². The summed E-state index contributed by atoms with van der Waals surface area (Å²) in [7, 11) is 2.10. The van der Waals surface area contributed by atoms with Gasteiger partial charge in [0.1, 0.15) is 18.0 Å². The number of nitrogens with one attached hydrogen (secondary N) is 1. The quantitative estimate of drug-likeness (QED) is 0.520. The number of amides is 1. The van der Waals surface area contributed by atoms with E-state index in [1.165, 1.54) is 6.42 Å². The Kier molecular flexibility index (Phi) is 5.91. The van der Waals surface area contributed by atoms with Gasteiger partial charge in [0, 0.05) is 31.7 Å². The van der Waals surface area contributed by atoms with E-state index in [-0.39, 0.29) is 23.3 Å². The van der Waals surface area contributed by atoms with Crippen LogP contribution in [0, 0.1) is 5.41 Å². The molecule has 0 bridgehead atoms. The molecule has 3 N–H and O–H groups in total. The summed E-state index contributed by atoms with van der Waals surface area (Å²) >= 11 is 0. The van der Waals surface area contributed by atoms with Gasteiger partial charge in [-0.05, 0) is 60.0 Å².